The Hall–Kier alpha value is -2.60. The molecule has 0 saturated heterocycles. The number of aliphatic hydroxyl groups is 1. The third-order valence-electron chi connectivity index (χ3n) is 5.50. The molecular weight excluding hydrogens is 371 g/mol. The number of carbonyl (C=O) groups excluding carboxylic acids is 1. The van der Waals surface area contributed by atoms with Crippen molar-refractivity contribution in [2.45, 2.75) is 44.1 Å². The Balaban J connectivity index is 1.48. The second kappa shape index (κ2) is 10.3. The lowest BCUT2D eigenvalue weighted by atomic mass is 9.81. The van der Waals surface area contributed by atoms with E-state index in [1.165, 1.54) is 13.2 Å². The zero-order chi connectivity index (χ0) is 20.6. The van der Waals surface area contributed by atoms with E-state index in [1.807, 2.05) is 36.4 Å². The summed E-state index contributed by atoms with van der Waals surface area (Å²) in [6.45, 7) is 0.234. The predicted octanol–water partition coefficient (Wildman–Crippen LogP) is 3.62. The predicted molar refractivity (Wildman–Crippen MR) is 112 cm³/mol. The standard InChI is InChI=1S/C23H29FN2O3/c1-29-22-15-18(6-11-21(22)24)17-4-9-20(10-5-17)26-19-7-2-16(3-8-19)14-23(28)25-12-13-27/h2-3,6-8,11,15,17,20,26-27H,4-5,9-10,12-14H2,1H3,(H,25,28). The van der Waals surface area contributed by atoms with Gasteiger partial charge in [0.05, 0.1) is 20.1 Å². The molecule has 0 aromatic heterocycles. The number of hydrogen-bond donors (Lipinski definition) is 3. The van der Waals surface area contributed by atoms with Gasteiger partial charge >= 0.3 is 0 Å². The van der Waals surface area contributed by atoms with Crippen molar-refractivity contribution >= 4 is 11.6 Å². The summed E-state index contributed by atoms with van der Waals surface area (Å²) >= 11 is 0. The van der Waals surface area contributed by atoms with E-state index in [-0.39, 0.29) is 24.9 Å². The molecule has 2 aromatic carbocycles. The van der Waals surface area contributed by atoms with Crippen molar-refractivity contribution in [3.8, 4) is 5.75 Å². The largest absolute Gasteiger partial charge is 0.494 e. The highest BCUT2D eigenvalue weighted by atomic mass is 19.1. The van der Waals surface area contributed by atoms with Crippen molar-refractivity contribution in [3.05, 3.63) is 59.4 Å². The molecule has 3 N–H and O–H groups in total. The normalized spacial score (nSPS) is 18.9. The molecule has 0 spiro atoms. The van der Waals surface area contributed by atoms with Crippen molar-refractivity contribution in [1.29, 1.82) is 0 Å². The highest BCUT2D eigenvalue weighted by molar-refractivity contribution is 5.78. The second-order valence-electron chi connectivity index (χ2n) is 7.53. The first kappa shape index (κ1) is 21.1. The molecule has 3 rings (SSSR count). The van der Waals surface area contributed by atoms with Gasteiger partial charge in [-0.15, -0.1) is 0 Å². The van der Waals surface area contributed by atoms with Crippen LogP contribution in [0.25, 0.3) is 0 Å². The van der Waals surface area contributed by atoms with E-state index in [9.17, 15) is 9.18 Å². The number of anilines is 1. The third-order valence-corrected chi connectivity index (χ3v) is 5.50. The van der Waals surface area contributed by atoms with Gasteiger partial charge in [0, 0.05) is 18.3 Å². The Morgan fingerprint density at radius 2 is 1.86 bits per heavy atom. The summed E-state index contributed by atoms with van der Waals surface area (Å²) in [4.78, 5) is 11.7. The lowest BCUT2D eigenvalue weighted by Gasteiger charge is -2.30. The molecule has 29 heavy (non-hydrogen) atoms. The van der Waals surface area contributed by atoms with E-state index in [1.54, 1.807) is 0 Å². The highest BCUT2D eigenvalue weighted by Crippen LogP contribution is 2.35. The minimum atomic E-state index is -0.319. The van der Waals surface area contributed by atoms with Gasteiger partial charge in [0.25, 0.3) is 0 Å². The number of ether oxygens (including phenoxy) is 1. The molecule has 1 aliphatic rings. The Bertz CT molecular complexity index is 802. The smallest absolute Gasteiger partial charge is 0.224 e. The molecule has 6 heteroatoms. The number of carbonyl (C=O) groups is 1. The van der Waals surface area contributed by atoms with Crippen LogP contribution in [0.3, 0.4) is 0 Å². The van der Waals surface area contributed by atoms with E-state index in [2.05, 4.69) is 10.6 Å². The minimum Gasteiger partial charge on any atom is -0.494 e. The molecule has 0 heterocycles. The van der Waals surface area contributed by atoms with Gasteiger partial charge in [-0.2, -0.15) is 0 Å². The van der Waals surface area contributed by atoms with Crippen molar-refractivity contribution in [2.75, 3.05) is 25.6 Å². The van der Waals surface area contributed by atoms with Gasteiger partial charge in [0.1, 0.15) is 0 Å². The molecular formula is C23H29FN2O3. The molecule has 0 aliphatic heterocycles. The molecule has 156 valence electrons. The van der Waals surface area contributed by atoms with Crippen LogP contribution in [0.4, 0.5) is 10.1 Å². The Kier molecular flexibility index (Phi) is 7.47. The summed E-state index contributed by atoms with van der Waals surface area (Å²) in [6, 6.07) is 13.5. The lowest BCUT2D eigenvalue weighted by molar-refractivity contribution is -0.120. The zero-order valence-corrected chi connectivity index (χ0v) is 16.8. The van der Waals surface area contributed by atoms with Crippen LogP contribution in [-0.2, 0) is 11.2 Å². The molecule has 1 aliphatic carbocycles. The van der Waals surface area contributed by atoms with Crippen LogP contribution in [0.15, 0.2) is 42.5 Å². The van der Waals surface area contributed by atoms with E-state index in [0.717, 1.165) is 42.5 Å². The van der Waals surface area contributed by atoms with Crippen LogP contribution in [0.1, 0.15) is 42.7 Å². The van der Waals surface area contributed by atoms with Crippen molar-refractivity contribution in [1.82, 2.24) is 5.32 Å². The first-order valence-corrected chi connectivity index (χ1v) is 10.2. The molecule has 0 atom stereocenters. The summed E-state index contributed by atoms with van der Waals surface area (Å²) in [7, 11) is 1.50. The second-order valence-corrected chi connectivity index (χ2v) is 7.53. The molecule has 1 saturated carbocycles. The number of hydrogen-bond acceptors (Lipinski definition) is 4. The number of aliphatic hydroxyl groups excluding tert-OH is 1. The van der Waals surface area contributed by atoms with Gasteiger partial charge in [0.2, 0.25) is 5.91 Å². The fourth-order valence-electron chi connectivity index (χ4n) is 3.90. The summed E-state index contributed by atoms with van der Waals surface area (Å²) in [5, 5.41) is 15.0. The van der Waals surface area contributed by atoms with Gasteiger partial charge in [-0.25, -0.2) is 4.39 Å². The van der Waals surface area contributed by atoms with Crippen LogP contribution in [0.5, 0.6) is 5.75 Å². The van der Waals surface area contributed by atoms with Crippen LogP contribution in [0, 0.1) is 5.82 Å². The minimum absolute atomic E-state index is 0.0501. The van der Waals surface area contributed by atoms with Crippen LogP contribution < -0.4 is 15.4 Å². The monoisotopic (exact) mass is 400 g/mol. The number of amides is 1. The van der Waals surface area contributed by atoms with E-state index in [4.69, 9.17) is 9.84 Å². The molecule has 0 unspecified atom stereocenters. The fourth-order valence-corrected chi connectivity index (χ4v) is 3.90. The maximum absolute atomic E-state index is 13.6. The summed E-state index contributed by atoms with van der Waals surface area (Å²) < 4.78 is 18.7. The molecule has 5 nitrogen and oxygen atoms in total. The highest BCUT2D eigenvalue weighted by Gasteiger charge is 2.23. The zero-order valence-electron chi connectivity index (χ0n) is 16.8. The molecule has 0 radical (unpaired) electrons. The summed E-state index contributed by atoms with van der Waals surface area (Å²) in [5.41, 5.74) is 3.14. The quantitative estimate of drug-likeness (QED) is 0.633. The molecule has 0 bridgehead atoms. The Labute approximate surface area is 171 Å². The van der Waals surface area contributed by atoms with E-state index in [0.29, 0.717) is 24.1 Å². The number of nitrogens with one attached hydrogen (secondary N) is 2. The lowest BCUT2D eigenvalue weighted by Crippen LogP contribution is -2.27. The fraction of sp³-hybridized carbons (Fsp3) is 0.435. The number of halogens is 1. The van der Waals surface area contributed by atoms with Crippen molar-refractivity contribution in [2.24, 2.45) is 0 Å². The average Bonchev–Trinajstić information content (AvgIpc) is 2.74. The summed E-state index contributed by atoms with van der Waals surface area (Å²) in [6.07, 6.45) is 4.52. The molecule has 1 amide bonds. The van der Waals surface area contributed by atoms with Crippen LogP contribution >= 0.6 is 0 Å². The number of benzene rings is 2. The van der Waals surface area contributed by atoms with Gasteiger partial charge in [-0.3, -0.25) is 4.79 Å². The Morgan fingerprint density at radius 3 is 2.52 bits per heavy atom. The first-order chi connectivity index (χ1) is 14.1. The number of methoxy groups -OCH3 is 1. The Morgan fingerprint density at radius 1 is 1.14 bits per heavy atom. The van der Waals surface area contributed by atoms with Gasteiger partial charge in [0.15, 0.2) is 11.6 Å². The maximum atomic E-state index is 13.6. The molecule has 1 fully saturated rings. The molecule has 2 aromatic rings. The van der Waals surface area contributed by atoms with Gasteiger partial charge < -0.3 is 20.5 Å². The van der Waals surface area contributed by atoms with Crippen molar-refractivity contribution in [3.63, 3.8) is 0 Å². The van der Waals surface area contributed by atoms with Crippen LogP contribution in [-0.4, -0.2) is 37.3 Å². The average molecular weight is 400 g/mol. The topological polar surface area (TPSA) is 70.6 Å². The van der Waals surface area contributed by atoms with E-state index < -0.39 is 0 Å². The van der Waals surface area contributed by atoms with E-state index >= 15 is 0 Å². The number of rotatable bonds is 8. The third kappa shape index (κ3) is 5.94. The maximum Gasteiger partial charge on any atom is 0.224 e. The van der Waals surface area contributed by atoms with Crippen molar-refractivity contribution < 1.29 is 19.0 Å². The van der Waals surface area contributed by atoms with Crippen LogP contribution in [0.2, 0.25) is 0 Å². The van der Waals surface area contributed by atoms with Gasteiger partial charge in [-0.1, -0.05) is 18.2 Å². The summed E-state index contributed by atoms with van der Waals surface area (Å²) in [5.74, 6) is 0.340. The van der Waals surface area contributed by atoms with Gasteiger partial charge in [-0.05, 0) is 67.0 Å². The first-order valence-electron chi connectivity index (χ1n) is 10.2. The SMILES string of the molecule is COc1cc(C2CCC(Nc3ccc(CC(=O)NCCO)cc3)CC2)ccc1F.